The lowest BCUT2D eigenvalue weighted by Gasteiger charge is -2.30. The lowest BCUT2D eigenvalue weighted by molar-refractivity contribution is -0.0572. The zero-order valence-electron chi connectivity index (χ0n) is 19.4. The molecule has 6 heteroatoms. The lowest BCUT2D eigenvalue weighted by atomic mass is 9.87. The van der Waals surface area contributed by atoms with Crippen LogP contribution in [0.2, 0.25) is 0 Å². The predicted molar refractivity (Wildman–Crippen MR) is 115 cm³/mol. The molecule has 3 heterocycles. The van der Waals surface area contributed by atoms with Gasteiger partial charge < -0.3 is 29.5 Å². The molecule has 0 aliphatic carbocycles. The van der Waals surface area contributed by atoms with Crippen LogP contribution in [0.3, 0.4) is 0 Å². The first-order valence-electron chi connectivity index (χ1n) is 11.4. The second-order valence-corrected chi connectivity index (χ2v) is 9.69. The van der Waals surface area contributed by atoms with Gasteiger partial charge in [0.1, 0.15) is 0 Å². The van der Waals surface area contributed by atoms with E-state index in [4.69, 9.17) is 14.2 Å². The number of hydrogen-bond acceptors (Lipinski definition) is 6. The first-order valence-corrected chi connectivity index (χ1v) is 11.4. The third-order valence-electron chi connectivity index (χ3n) is 6.40. The molecule has 3 aliphatic heterocycles. The van der Waals surface area contributed by atoms with Gasteiger partial charge in [-0.1, -0.05) is 41.5 Å². The van der Waals surface area contributed by atoms with E-state index in [2.05, 4.69) is 41.5 Å². The first kappa shape index (κ1) is 26.8. The van der Waals surface area contributed by atoms with Crippen molar-refractivity contribution in [2.24, 2.45) is 35.5 Å². The van der Waals surface area contributed by atoms with Gasteiger partial charge in [-0.15, -0.1) is 0 Å². The molecular formula is C23H46O6. The predicted octanol–water partition coefficient (Wildman–Crippen LogP) is 2.73. The summed E-state index contributed by atoms with van der Waals surface area (Å²) < 4.78 is 15.4. The Morgan fingerprint density at radius 2 is 0.931 bits per heavy atom. The maximum atomic E-state index is 9.46. The Labute approximate surface area is 177 Å². The Morgan fingerprint density at radius 3 is 1.28 bits per heavy atom. The fourth-order valence-electron chi connectivity index (χ4n) is 4.10. The summed E-state index contributed by atoms with van der Waals surface area (Å²) in [5.74, 6) is 2.84. The smallest absolute Gasteiger partial charge is 0.0826 e. The first-order chi connectivity index (χ1) is 13.6. The van der Waals surface area contributed by atoms with Crippen LogP contribution in [0, 0.1) is 35.5 Å². The van der Waals surface area contributed by atoms with Crippen LogP contribution in [0.25, 0.3) is 0 Å². The highest BCUT2D eigenvalue weighted by atomic mass is 16.5. The van der Waals surface area contributed by atoms with Crippen LogP contribution in [-0.2, 0) is 14.2 Å². The van der Waals surface area contributed by atoms with Gasteiger partial charge in [-0.2, -0.15) is 0 Å². The van der Waals surface area contributed by atoms with Gasteiger partial charge in [0.15, 0.2) is 0 Å². The highest BCUT2D eigenvalue weighted by Crippen LogP contribution is 2.23. The van der Waals surface area contributed by atoms with Gasteiger partial charge in [0, 0.05) is 25.0 Å². The van der Waals surface area contributed by atoms with Gasteiger partial charge in [-0.25, -0.2) is 0 Å². The van der Waals surface area contributed by atoms with Gasteiger partial charge >= 0.3 is 0 Å². The van der Waals surface area contributed by atoms with Crippen molar-refractivity contribution in [1.29, 1.82) is 0 Å². The van der Waals surface area contributed by atoms with Crippen molar-refractivity contribution >= 4 is 0 Å². The Morgan fingerprint density at radius 1 is 0.517 bits per heavy atom. The SMILES string of the molecule is CC(C)C1CCOCC1O.CC(C)C1COCC1O.CC(C)C1COCCC1O. The molecule has 0 aromatic heterocycles. The zero-order chi connectivity index (χ0) is 22.0. The summed E-state index contributed by atoms with van der Waals surface area (Å²) in [4.78, 5) is 0. The van der Waals surface area contributed by atoms with Crippen LogP contribution in [0.5, 0.6) is 0 Å². The highest BCUT2D eigenvalue weighted by Gasteiger charge is 2.28. The summed E-state index contributed by atoms with van der Waals surface area (Å²) in [6.45, 7) is 16.9. The molecule has 0 amide bonds. The van der Waals surface area contributed by atoms with Gasteiger partial charge in [-0.05, 0) is 36.5 Å². The second-order valence-electron chi connectivity index (χ2n) is 9.69. The number of aliphatic hydroxyl groups excluding tert-OH is 3. The summed E-state index contributed by atoms with van der Waals surface area (Å²) in [6.07, 6.45) is 1.24. The van der Waals surface area contributed by atoms with Crippen LogP contribution < -0.4 is 0 Å². The Bertz CT molecular complexity index is 388. The third-order valence-corrected chi connectivity index (χ3v) is 6.40. The minimum absolute atomic E-state index is 0.131. The van der Waals surface area contributed by atoms with Crippen molar-refractivity contribution in [3.05, 3.63) is 0 Å². The third kappa shape index (κ3) is 9.62. The molecule has 0 aromatic carbocycles. The molecular weight excluding hydrogens is 372 g/mol. The Hall–Kier alpha value is -0.240. The van der Waals surface area contributed by atoms with E-state index in [0.29, 0.717) is 48.7 Å². The molecule has 6 unspecified atom stereocenters. The molecule has 0 aromatic rings. The molecule has 174 valence electrons. The van der Waals surface area contributed by atoms with Crippen molar-refractivity contribution in [3.8, 4) is 0 Å². The molecule has 0 radical (unpaired) electrons. The molecule has 3 aliphatic rings. The number of aliphatic hydroxyl groups is 3. The molecule has 0 bridgehead atoms. The summed E-state index contributed by atoms with van der Waals surface area (Å²) in [5, 5.41) is 28.1. The molecule has 6 atom stereocenters. The normalized spacial score (nSPS) is 35.2. The summed E-state index contributed by atoms with van der Waals surface area (Å²) in [5.41, 5.74) is 0. The van der Waals surface area contributed by atoms with Crippen LogP contribution in [0.1, 0.15) is 54.4 Å². The van der Waals surface area contributed by atoms with Gasteiger partial charge in [0.25, 0.3) is 0 Å². The monoisotopic (exact) mass is 418 g/mol. The summed E-state index contributed by atoms with van der Waals surface area (Å²) >= 11 is 0. The lowest BCUT2D eigenvalue weighted by Crippen LogP contribution is -2.35. The number of rotatable bonds is 3. The van der Waals surface area contributed by atoms with Gasteiger partial charge in [0.05, 0.1) is 44.7 Å². The van der Waals surface area contributed by atoms with E-state index in [0.717, 1.165) is 39.3 Å². The summed E-state index contributed by atoms with van der Waals surface area (Å²) in [7, 11) is 0. The minimum atomic E-state index is -0.228. The fourth-order valence-corrected chi connectivity index (χ4v) is 4.10. The van der Waals surface area contributed by atoms with E-state index < -0.39 is 0 Å². The van der Waals surface area contributed by atoms with E-state index >= 15 is 0 Å². The van der Waals surface area contributed by atoms with Crippen molar-refractivity contribution in [1.82, 2.24) is 0 Å². The number of ether oxygens (including phenoxy) is 3. The molecule has 0 spiro atoms. The van der Waals surface area contributed by atoms with Crippen LogP contribution in [0.4, 0.5) is 0 Å². The zero-order valence-corrected chi connectivity index (χ0v) is 19.4. The van der Waals surface area contributed by atoms with E-state index in [1.807, 2.05) is 0 Å². The van der Waals surface area contributed by atoms with Crippen molar-refractivity contribution in [3.63, 3.8) is 0 Å². The van der Waals surface area contributed by atoms with Crippen molar-refractivity contribution < 1.29 is 29.5 Å². The average molecular weight is 419 g/mol. The molecule has 3 fully saturated rings. The van der Waals surface area contributed by atoms with Gasteiger partial charge in [0.2, 0.25) is 0 Å². The largest absolute Gasteiger partial charge is 0.393 e. The van der Waals surface area contributed by atoms with Crippen molar-refractivity contribution in [2.75, 3.05) is 39.6 Å². The van der Waals surface area contributed by atoms with Crippen LogP contribution >= 0.6 is 0 Å². The fraction of sp³-hybridized carbons (Fsp3) is 1.00. The van der Waals surface area contributed by atoms with E-state index in [1.54, 1.807) is 0 Å². The molecule has 3 saturated heterocycles. The Kier molecular flexibility index (Phi) is 12.9. The molecule has 3 N–H and O–H groups in total. The highest BCUT2D eigenvalue weighted by molar-refractivity contribution is 4.76. The topological polar surface area (TPSA) is 88.4 Å². The quantitative estimate of drug-likeness (QED) is 0.653. The second kappa shape index (κ2) is 13.9. The van der Waals surface area contributed by atoms with Crippen LogP contribution in [0.15, 0.2) is 0 Å². The standard InChI is InChI=1S/2C8H16O2.C7H14O2/c1-6(2)7-5-10-4-3-8(7)9;1-6(2)7-3-4-10-5-8(7)9;1-5(2)6-3-9-4-7(6)8/h2*6-9H,3-5H2,1-2H3;5-8H,3-4H2,1-2H3. The molecule has 6 nitrogen and oxygen atoms in total. The molecule has 3 rings (SSSR count). The number of hydrogen-bond donors (Lipinski definition) is 3. The molecule has 0 saturated carbocycles. The van der Waals surface area contributed by atoms with Crippen molar-refractivity contribution in [2.45, 2.75) is 72.7 Å². The van der Waals surface area contributed by atoms with Crippen LogP contribution in [-0.4, -0.2) is 73.3 Å². The maximum Gasteiger partial charge on any atom is 0.0826 e. The van der Waals surface area contributed by atoms with E-state index in [9.17, 15) is 15.3 Å². The van der Waals surface area contributed by atoms with E-state index in [-0.39, 0.29) is 18.3 Å². The van der Waals surface area contributed by atoms with Gasteiger partial charge in [-0.3, -0.25) is 0 Å². The molecule has 29 heavy (non-hydrogen) atoms. The summed E-state index contributed by atoms with van der Waals surface area (Å²) in [6, 6.07) is 0. The van der Waals surface area contributed by atoms with E-state index in [1.165, 1.54) is 0 Å². The maximum absolute atomic E-state index is 9.46. The average Bonchev–Trinajstić information content (AvgIpc) is 3.09. The Balaban J connectivity index is 0.000000218. The minimum Gasteiger partial charge on any atom is -0.393 e.